The van der Waals surface area contributed by atoms with Crippen LogP contribution < -0.4 is 5.01 Å². The predicted molar refractivity (Wildman–Crippen MR) is 125 cm³/mol. The SMILES string of the molecule is CC(=O)c1ccc(N2N=C(C)C(=Cc3ccc(-c4cc(C)c(C)cc4[N+](=O)[O-])o3)C2=O)cc1. The molecule has 1 amide bonds. The maximum atomic E-state index is 13.0. The number of amides is 1. The lowest BCUT2D eigenvalue weighted by atomic mass is 10.0. The zero-order valence-corrected chi connectivity index (χ0v) is 18.6. The number of nitro groups is 1. The minimum Gasteiger partial charge on any atom is -0.456 e. The van der Waals surface area contributed by atoms with Crippen LogP contribution in [0.15, 0.2) is 63.6 Å². The molecule has 1 aliphatic heterocycles. The highest BCUT2D eigenvalue weighted by molar-refractivity contribution is 6.32. The first kappa shape index (κ1) is 21.9. The Kier molecular flexibility index (Phi) is 5.51. The van der Waals surface area contributed by atoms with E-state index in [0.717, 1.165) is 11.1 Å². The van der Waals surface area contributed by atoms with Gasteiger partial charge in [0.15, 0.2) is 5.78 Å². The van der Waals surface area contributed by atoms with Gasteiger partial charge in [-0.05, 0) is 87.4 Å². The molecule has 0 saturated carbocycles. The molecule has 8 nitrogen and oxygen atoms in total. The fraction of sp³-hybridized carbons (Fsp3) is 0.160. The van der Waals surface area contributed by atoms with E-state index in [0.29, 0.717) is 39.6 Å². The minimum atomic E-state index is -0.436. The second-order valence-corrected chi connectivity index (χ2v) is 7.88. The van der Waals surface area contributed by atoms with Gasteiger partial charge in [0.2, 0.25) is 0 Å². The molecule has 0 radical (unpaired) electrons. The number of aryl methyl sites for hydroxylation is 2. The monoisotopic (exact) mass is 443 g/mol. The molecule has 0 spiro atoms. The number of rotatable bonds is 5. The summed E-state index contributed by atoms with van der Waals surface area (Å²) in [5, 5.41) is 17.1. The van der Waals surface area contributed by atoms with E-state index in [-0.39, 0.29) is 17.4 Å². The summed E-state index contributed by atoms with van der Waals surface area (Å²) in [5.74, 6) is 0.322. The Hall–Kier alpha value is -4.33. The molecule has 1 aliphatic rings. The minimum absolute atomic E-state index is 0.0403. The quantitative estimate of drug-likeness (QED) is 0.225. The van der Waals surface area contributed by atoms with Crippen LogP contribution in [0.3, 0.4) is 0 Å². The molecule has 0 unspecified atom stereocenters. The van der Waals surface area contributed by atoms with Crippen LogP contribution in [0.4, 0.5) is 11.4 Å². The molecule has 166 valence electrons. The van der Waals surface area contributed by atoms with Gasteiger partial charge in [-0.1, -0.05) is 0 Å². The lowest BCUT2D eigenvalue weighted by Crippen LogP contribution is -2.21. The second kappa shape index (κ2) is 8.31. The Balaban J connectivity index is 1.65. The molecule has 0 atom stereocenters. The number of Topliss-reactive ketones (excluding diaryl/α,β-unsaturated/α-hetero) is 1. The molecule has 33 heavy (non-hydrogen) atoms. The molecule has 2 heterocycles. The van der Waals surface area contributed by atoms with Gasteiger partial charge >= 0.3 is 0 Å². The van der Waals surface area contributed by atoms with Crippen LogP contribution in [0.2, 0.25) is 0 Å². The van der Waals surface area contributed by atoms with Crippen molar-refractivity contribution >= 4 is 34.9 Å². The fourth-order valence-electron chi connectivity index (χ4n) is 3.56. The van der Waals surface area contributed by atoms with Gasteiger partial charge in [0.25, 0.3) is 11.6 Å². The van der Waals surface area contributed by atoms with Crippen LogP contribution in [-0.4, -0.2) is 22.3 Å². The fourth-order valence-corrected chi connectivity index (χ4v) is 3.56. The smallest absolute Gasteiger partial charge is 0.280 e. The predicted octanol–water partition coefficient (Wildman–Crippen LogP) is 5.48. The Morgan fingerprint density at radius 2 is 1.73 bits per heavy atom. The first-order valence-corrected chi connectivity index (χ1v) is 10.2. The number of carbonyl (C=O) groups excluding carboxylic acids is 2. The molecule has 4 rings (SSSR count). The summed E-state index contributed by atoms with van der Waals surface area (Å²) in [6, 6.07) is 13.2. The number of benzene rings is 2. The Morgan fingerprint density at radius 3 is 2.36 bits per heavy atom. The molecule has 1 aromatic heterocycles. The highest BCUT2D eigenvalue weighted by Gasteiger charge is 2.29. The number of furan rings is 1. The van der Waals surface area contributed by atoms with Crippen LogP contribution in [-0.2, 0) is 4.79 Å². The number of hydrazone groups is 1. The average molecular weight is 443 g/mol. The Bertz CT molecular complexity index is 1360. The third-order valence-corrected chi connectivity index (χ3v) is 5.57. The number of hydrogen-bond acceptors (Lipinski definition) is 6. The van der Waals surface area contributed by atoms with Crippen molar-refractivity contribution in [2.24, 2.45) is 5.10 Å². The number of nitrogens with zero attached hydrogens (tertiary/aromatic N) is 3. The first-order valence-electron chi connectivity index (χ1n) is 10.2. The van der Waals surface area contributed by atoms with Gasteiger partial charge in [0.1, 0.15) is 11.5 Å². The van der Waals surface area contributed by atoms with Crippen LogP contribution in [0, 0.1) is 24.0 Å². The van der Waals surface area contributed by atoms with Crippen molar-refractivity contribution < 1.29 is 18.9 Å². The summed E-state index contributed by atoms with van der Waals surface area (Å²) in [7, 11) is 0. The van der Waals surface area contributed by atoms with Crippen molar-refractivity contribution in [2.45, 2.75) is 27.7 Å². The molecule has 3 aromatic rings. The summed E-state index contributed by atoms with van der Waals surface area (Å²) < 4.78 is 5.85. The van der Waals surface area contributed by atoms with E-state index in [1.807, 2.05) is 13.8 Å². The van der Waals surface area contributed by atoms with Crippen LogP contribution >= 0.6 is 0 Å². The van der Waals surface area contributed by atoms with E-state index in [1.165, 1.54) is 18.0 Å². The van der Waals surface area contributed by atoms with Crippen molar-refractivity contribution in [2.75, 3.05) is 5.01 Å². The van der Waals surface area contributed by atoms with Gasteiger partial charge in [0.05, 0.1) is 27.5 Å². The maximum absolute atomic E-state index is 13.0. The number of anilines is 1. The zero-order chi connectivity index (χ0) is 23.9. The van der Waals surface area contributed by atoms with Crippen molar-refractivity contribution in [3.05, 3.63) is 86.7 Å². The highest BCUT2D eigenvalue weighted by Crippen LogP contribution is 2.34. The zero-order valence-electron chi connectivity index (χ0n) is 18.6. The number of ketones is 1. The third-order valence-electron chi connectivity index (χ3n) is 5.57. The van der Waals surface area contributed by atoms with Gasteiger partial charge in [0, 0.05) is 11.6 Å². The molecular formula is C25H21N3O5. The standard InChI is InChI=1S/C25H21N3O5/c1-14-11-22(23(28(31)32)12-15(14)2)24-10-9-20(33-24)13-21-16(3)26-27(25(21)30)19-7-5-18(6-8-19)17(4)29/h5-13H,1-4H3. The Morgan fingerprint density at radius 1 is 1.06 bits per heavy atom. The summed E-state index contributed by atoms with van der Waals surface area (Å²) in [4.78, 5) is 35.6. The van der Waals surface area contributed by atoms with Crippen LogP contribution in [0.25, 0.3) is 17.4 Å². The van der Waals surface area contributed by atoms with Crippen molar-refractivity contribution in [1.82, 2.24) is 0 Å². The lowest BCUT2D eigenvalue weighted by Gasteiger charge is -2.11. The first-order chi connectivity index (χ1) is 15.7. The molecular weight excluding hydrogens is 422 g/mol. The van der Waals surface area contributed by atoms with Gasteiger partial charge in [-0.3, -0.25) is 19.7 Å². The molecule has 0 aliphatic carbocycles. The van der Waals surface area contributed by atoms with E-state index in [2.05, 4.69) is 5.10 Å². The second-order valence-electron chi connectivity index (χ2n) is 7.88. The van der Waals surface area contributed by atoms with Gasteiger partial charge in [-0.15, -0.1) is 0 Å². The third kappa shape index (κ3) is 4.10. The summed E-state index contributed by atoms with van der Waals surface area (Å²) in [6.07, 6.45) is 1.57. The number of nitro benzene ring substituents is 1. The van der Waals surface area contributed by atoms with Gasteiger partial charge < -0.3 is 4.42 Å². The van der Waals surface area contributed by atoms with Crippen molar-refractivity contribution in [3.8, 4) is 11.3 Å². The summed E-state index contributed by atoms with van der Waals surface area (Å²) in [6.45, 7) is 6.88. The van der Waals surface area contributed by atoms with Gasteiger partial charge in [-0.2, -0.15) is 10.1 Å². The molecule has 0 bridgehead atoms. The molecule has 0 N–H and O–H groups in total. The van der Waals surface area contributed by atoms with Crippen LogP contribution in [0.5, 0.6) is 0 Å². The number of carbonyl (C=O) groups is 2. The molecule has 2 aromatic carbocycles. The number of hydrogen-bond donors (Lipinski definition) is 0. The lowest BCUT2D eigenvalue weighted by molar-refractivity contribution is -0.384. The van der Waals surface area contributed by atoms with E-state index >= 15 is 0 Å². The molecule has 0 saturated heterocycles. The van der Waals surface area contributed by atoms with Crippen LogP contribution in [0.1, 0.15) is 41.1 Å². The topological polar surface area (TPSA) is 106 Å². The molecule has 0 fully saturated rings. The Labute approximate surface area is 190 Å². The summed E-state index contributed by atoms with van der Waals surface area (Å²) in [5.41, 5.74) is 4.01. The van der Waals surface area contributed by atoms with E-state index < -0.39 is 4.92 Å². The van der Waals surface area contributed by atoms with Crippen molar-refractivity contribution in [3.63, 3.8) is 0 Å². The van der Waals surface area contributed by atoms with E-state index in [1.54, 1.807) is 55.5 Å². The van der Waals surface area contributed by atoms with Crippen molar-refractivity contribution in [1.29, 1.82) is 0 Å². The van der Waals surface area contributed by atoms with E-state index in [4.69, 9.17) is 4.42 Å². The maximum Gasteiger partial charge on any atom is 0.280 e. The summed E-state index contributed by atoms with van der Waals surface area (Å²) >= 11 is 0. The normalized spacial score (nSPS) is 14.7. The highest BCUT2D eigenvalue weighted by atomic mass is 16.6. The largest absolute Gasteiger partial charge is 0.456 e. The van der Waals surface area contributed by atoms with E-state index in [9.17, 15) is 19.7 Å². The molecule has 8 heteroatoms. The van der Waals surface area contributed by atoms with Gasteiger partial charge in [-0.25, -0.2) is 0 Å². The average Bonchev–Trinajstić information content (AvgIpc) is 3.35.